The Morgan fingerprint density at radius 3 is 2.33 bits per heavy atom. The fourth-order valence-corrected chi connectivity index (χ4v) is 1.58. The second kappa shape index (κ2) is 6.69. The molecular formula is C13H17N3O5. The highest BCUT2D eigenvalue weighted by Crippen LogP contribution is 2.12. The minimum absolute atomic E-state index is 0.0396. The summed E-state index contributed by atoms with van der Waals surface area (Å²) in [6, 6.07) is 0.300. The first kappa shape index (κ1) is 16.4. The molecule has 0 bridgehead atoms. The van der Waals surface area contributed by atoms with Crippen molar-refractivity contribution in [2.45, 2.75) is 26.9 Å². The highest BCUT2D eigenvalue weighted by atomic mass is 16.5. The summed E-state index contributed by atoms with van der Waals surface area (Å²) in [5.41, 5.74) is 5.22. The Bertz CT molecular complexity index is 576. The van der Waals surface area contributed by atoms with Gasteiger partial charge in [-0.3, -0.25) is 14.9 Å². The molecule has 1 atom stereocenters. The molecule has 0 saturated heterocycles. The summed E-state index contributed by atoms with van der Waals surface area (Å²) in [4.78, 5) is 48.1. The molecule has 0 radical (unpaired) electrons. The summed E-state index contributed by atoms with van der Waals surface area (Å²) in [7, 11) is 0. The Kier molecular flexibility index (Phi) is 5.23. The first-order valence-corrected chi connectivity index (χ1v) is 6.23. The predicted molar refractivity (Wildman–Crippen MR) is 72.6 cm³/mol. The van der Waals surface area contributed by atoms with E-state index >= 15 is 0 Å². The second-order valence-electron chi connectivity index (χ2n) is 4.78. The molecule has 0 spiro atoms. The van der Waals surface area contributed by atoms with E-state index in [-0.39, 0.29) is 17.4 Å². The largest absolute Gasteiger partial charge is 0.447 e. The number of carbonyl (C=O) groups is 4. The minimum atomic E-state index is -1.17. The van der Waals surface area contributed by atoms with Gasteiger partial charge in [0.2, 0.25) is 0 Å². The van der Waals surface area contributed by atoms with Crippen LogP contribution in [0.1, 0.15) is 41.6 Å². The first-order valence-electron chi connectivity index (χ1n) is 6.23. The molecule has 0 aliphatic carbocycles. The molecule has 8 heteroatoms. The van der Waals surface area contributed by atoms with E-state index in [0.717, 1.165) is 0 Å². The molecule has 114 valence electrons. The number of nitrogens with two attached hydrogens (primary N) is 1. The number of rotatable bonds is 5. The number of primary amides is 1. The number of hydrogen-bond donors (Lipinski definition) is 3. The number of amides is 3. The van der Waals surface area contributed by atoms with Crippen LogP contribution in [0.25, 0.3) is 0 Å². The Balaban J connectivity index is 2.83. The van der Waals surface area contributed by atoms with Crippen molar-refractivity contribution < 1.29 is 23.9 Å². The van der Waals surface area contributed by atoms with Crippen LogP contribution in [0.2, 0.25) is 0 Å². The van der Waals surface area contributed by atoms with Crippen molar-refractivity contribution in [2.24, 2.45) is 11.7 Å². The van der Waals surface area contributed by atoms with Gasteiger partial charge in [0.15, 0.2) is 11.9 Å². The number of ether oxygens (including phenoxy) is 1. The number of aromatic nitrogens is 1. The van der Waals surface area contributed by atoms with Crippen LogP contribution in [0.3, 0.4) is 0 Å². The average Bonchev–Trinajstić information content (AvgIpc) is 2.83. The number of carbonyl (C=O) groups excluding carboxylic acids is 4. The maximum absolute atomic E-state index is 11.9. The van der Waals surface area contributed by atoms with E-state index in [4.69, 9.17) is 10.5 Å². The number of imide groups is 1. The van der Waals surface area contributed by atoms with E-state index in [1.165, 1.54) is 19.2 Å². The number of hydrogen-bond acceptors (Lipinski definition) is 5. The molecule has 4 N–H and O–H groups in total. The third kappa shape index (κ3) is 4.44. The zero-order valence-electron chi connectivity index (χ0n) is 11.9. The highest BCUT2D eigenvalue weighted by molar-refractivity contribution is 5.99. The molecule has 0 aromatic carbocycles. The van der Waals surface area contributed by atoms with Gasteiger partial charge in [-0.05, 0) is 18.9 Å². The third-order valence-corrected chi connectivity index (χ3v) is 2.65. The fourth-order valence-electron chi connectivity index (χ4n) is 1.58. The van der Waals surface area contributed by atoms with Crippen LogP contribution in [-0.4, -0.2) is 34.8 Å². The van der Waals surface area contributed by atoms with E-state index in [1.807, 2.05) is 5.32 Å². The summed E-state index contributed by atoms with van der Waals surface area (Å²) >= 11 is 0. The van der Waals surface area contributed by atoms with Crippen LogP contribution in [-0.2, 0) is 9.53 Å². The number of Topliss-reactive ketones (excluding diaryl/α,β-unsaturated/α-hetero) is 1. The molecule has 0 saturated carbocycles. The van der Waals surface area contributed by atoms with Gasteiger partial charge in [-0.1, -0.05) is 13.8 Å². The molecule has 0 aliphatic heterocycles. The molecule has 8 nitrogen and oxygen atoms in total. The summed E-state index contributed by atoms with van der Waals surface area (Å²) in [6.45, 7) is 4.65. The number of ketones is 1. The summed E-state index contributed by atoms with van der Waals surface area (Å²) < 4.78 is 5.05. The van der Waals surface area contributed by atoms with Gasteiger partial charge in [0.25, 0.3) is 5.91 Å². The van der Waals surface area contributed by atoms with Crippen LogP contribution < -0.4 is 11.1 Å². The Hall–Kier alpha value is -2.64. The maximum atomic E-state index is 11.9. The molecule has 1 aromatic rings. The van der Waals surface area contributed by atoms with E-state index < -0.39 is 24.0 Å². The van der Waals surface area contributed by atoms with Crippen molar-refractivity contribution in [3.05, 3.63) is 23.5 Å². The maximum Gasteiger partial charge on any atom is 0.355 e. The molecule has 0 aliphatic rings. The molecule has 0 fully saturated rings. The topological polar surface area (TPSA) is 131 Å². The van der Waals surface area contributed by atoms with Crippen molar-refractivity contribution in [1.29, 1.82) is 0 Å². The Labute approximate surface area is 121 Å². The molecular weight excluding hydrogens is 278 g/mol. The second-order valence-corrected chi connectivity index (χ2v) is 4.78. The number of aromatic amines is 1. The van der Waals surface area contributed by atoms with Gasteiger partial charge in [0, 0.05) is 11.8 Å². The zero-order valence-corrected chi connectivity index (χ0v) is 11.9. The lowest BCUT2D eigenvalue weighted by atomic mass is 10.1. The zero-order chi connectivity index (χ0) is 16.2. The van der Waals surface area contributed by atoms with Crippen molar-refractivity contribution in [3.63, 3.8) is 0 Å². The molecule has 21 heavy (non-hydrogen) atoms. The number of nitrogens with one attached hydrogen (secondary N) is 2. The summed E-state index contributed by atoms with van der Waals surface area (Å²) in [5, 5.41) is 1.86. The average molecular weight is 295 g/mol. The van der Waals surface area contributed by atoms with Crippen LogP contribution in [0, 0.1) is 5.92 Å². The van der Waals surface area contributed by atoms with Gasteiger partial charge >= 0.3 is 12.0 Å². The van der Waals surface area contributed by atoms with Gasteiger partial charge in [-0.15, -0.1) is 0 Å². The lowest BCUT2D eigenvalue weighted by molar-refractivity contribution is -0.130. The van der Waals surface area contributed by atoms with Crippen LogP contribution in [0.15, 0.2) is 12.3 Å². The normalized spacial score (nSPS) is 11.8. The minimum Gasteiger partial charge on any atom is -0.447 e. The first-order chi connectivity index (χ1) is 9.72. The van der Waals surface area contributed by atoms with Crippen LogP contribution >= 0.6 is 0 Å². The molecule has 1 heterocycles. The smallest absolute Gasteiger partial charge is 0.355 e. The SMILES string of the molecule is CC(=O)c1c[nH]c(C(=O)O[C@H](C(=O)NC(N)=O)C(C)C)c1. The van der Waals surface area contributed by atoms with Gasteiger partial charge in [-0.25, -0.2) is 9.59 Å². The quantitative estimate of drug-likeness (QED) is 0.540. The highest BCUT2D eigenvalue weighted by Gasteiger charge is 2.28. The van der Waals surface area contributed by atoms with Gasteiger partial charge < -0.3 is 15.5 Å². The van der Waals surface area contributed by atoms with Crippen molar-refractivity contribution in [3.8, 4) is 0 Å². The van der Waals surface area contributed by atoms with Crippen LogP contribution in [0.5, 0.6) is 0 Å². The Morgan fingerprint density at radius 1 is 1.29 bits per heavy atom. The lowest BCUT2D eigenvalue weighted by Gasteiger charge is -2.19. The van der Waals surface area contributed by atoms with E-state index in [2.05, 4.69) is 4.98 Å². The third-order valence-electron chi connectivity index (χ3n) is 2.65. The van der Waals surface area contributed by atoms with Crippen molar-refractivity contribution >= 4 is 23.7 Å². The van der Waals surface area contributed by atoms with Crippen molar-refractivity contribution in [2.75, 3.05) is 0 Å². The number of esters is 1. The molecule has 3 amide bonds. The van der Waals surface area contributed by atoms with E-state index in [0.29, 0.717) is 5.56 Å². The van der Waals surface area contributed by atoms with Crippen LogP contribution in [0.4, 0.5) is 4.79 Å². The molecule has 1 aromatic heterocycles. The standard InChI is InChI=1S/C13H17N3O5/c1-6(2)10(11(18)16-13(14)20)21-12(19)9-4-8(5-15-9)7(3)17/h4-6,10,15H,1-3H3,(H3,14,16,18,20)/t10-/m0/s1. The van der Waals surface area contributed by atoms with Gasteiger partial charge in [-0.2, -0.15) is 0 Å². The van der Waals surface area contributed by atoms with Gasteiger partial charge in [0.05, 0.1) is 0 Å². The summed E-state index contributed by atoms with van der Waals surface area (Å²) in [6.07, 6.45) is 0.196. The van der Waals surface area contributed by atoms with E-state index in [1.54, 1.807) is 13.8 Å². The fraction of sp³-hybridized carbons (Fsp3) is 0.385. The van der Waals surface area contributed by atoms with Crippen molar-refractivity contribution in [1.82, 2.24) is 10.3 Å². The lowest BCUT2D eigenvalue weighted by Crippen LogP contribution is -2.45. The Morgan fingerprint density at radius 2 is 1.90 bits per heavy atom. The van der Waals surface area contributed by atoms with E-state index in [9.17, 15) is 19.2 Å². The summed E-state index contributed by atoms with van der Waals surface area (Å²) in [5.74, 6) is -2.18. The molecule has 1 rings (SSSR count). The monoisotopic (exact) mass is 295 g/mol. The number of H-pyrrole nitrogens is 1. The van der Waals surface area contributed by atoms with Gasteiger partial charge in [0.1, 0.15) is 5.69 Å². The number of urea groups is 1. The molecule has 0 unspecified atom stereocenters. The predicted octanol–water partition coefficient (Wildman–Crippen LogP) is 0.594.